The van der Waals surface area contributed by atoms with E-state index in [2.05, 4.69) is 46.9 Å². The summed E-state index contributed by atoms with van der Waals surface area (Å²) < 4.78 is 2.28. The molecule has 0 N–H and O–H groups in total. The van der Waals surface area contributed by atoms with Gasteiger partial charge in [-0.3, -0.25) is 4.79 Å². The van der Waals surface area contributed by atoms with Crippen LogP contribution in [0.3, 0.4) is 0 Å². The van der Waals surface area contributed by atoms with Crippen LogP contribution < -0.4 is 0 Å². The highest BCUT2D eigenvalue weighted by atomic mass is 16.2. The average Bonchev–Trinajstić information content (AvgIpc) is 3.07. The lowest BCUT2D eigenvalue weighted by atomic mass is 9.97. The van der Waals surface area contributed by atoms with Gasteiger partial charge >= 0.3 is 0 Å². The molecule has 0 saturated carbocycles. The third-order valence-electron chi connectivity index (χ3n) is 5.17. The molecule has 1 saturated heterocycles. The van der Waals surface area contributed by atoms with Crippen molar-refractivity contribution in [2.24, 2.45) is 5.92 Å². The number of rotatable bonds is 1. The van der Waals surface area contributed by atoms with Crippen LogP contribution in [-0.2, 0) is 17.8 Å². The number of imidazole rings is 1. The summed E-state index contributed by atoms with van der Waals surface area (Å²) in [6, 6.07) is 8.30. The zero-order valence-corrected chi connectivity index (χ0v) is 14.7. The smallest absolute Gasteiger partial charge is 0.223 e. The van der Waals surface area contributed by atoms with Crippen molar-refractivity contribution < 1.29 is 4.79 Å². The quantitative estimate of drug-likeness (QED) is 0.752. The van der Waals surface area contributed by atoms with Gasteiger partial charge in [0, 0.05) is 56.2 Å². The average molecular weight is 333 g/mol. The second-order valence-corrected chi connectivity index (χ2v) is 7.04. The number of amides is 1. The van der Waals surface area contributed by atoms with E-state index in [1.54, 1.807) is 4.90 Å². The molecule has 2 aliphatic rings. The highest BCUT2D eigenvalue weighted by Crippen LogP contribution is 2.23. The van der Waals surface area contributed by atoms with Gasteiger partial charge in [-0.15, -0.1) is 0 Å². The Bertz CT molecular complexity index is 815. The van der Waals surface area contributed by atoms with E-state index in [4.69, 9.17) is 4.98 Å². The van der Waals surface area contributed by atoms with Crippen LogP contribution in [0.1, 0.15) is 37.1 Å². The van der Waals surface area contributed by atoms with Gasteiger partial charge in [0.2, 0.25) is 5.91 Å². The van der Waals surface area contributed by atoms with Crippen LogP contribution in [0.25, 0.3) is 11.3 Å². The molecule has 1 amide bonds. The number of hydrogen-bond acceptors (Lipinski definition) is 2. The summed E-state index contributed by atoms with van der Waals surface area (Å²) in [6.07, 6.45) is 7.24. The molecule has 4 heteroatoms. The van der Waals surface area contributed by atoms with Crippen molar-refractivity contribution in [2.45, 2.75) is 38.6 Å². The topological polar surface area (TPSA) is 38.1 Å². The standard InChI is InChI=1S/C21H23N3O/c1-23-13-11-17(14-21(23)25)6-5-16-7-9-18(10-8-16)19-15-24-12-3-2-4-20(24)22-19/h7-10,15,17H,2-4,11-14H2,1H3. The summed E-state index contributed by atoms with van der Waals surface area (Å²) in [4.78, 5) is 18.3. The van der Waals surface area contributed by atoms with Crippen LogP contribution >= 0.6 is 0 Å². The number of carbonyl (C=O) groups is 1. The first-order valence-corrected chi connectivity index (χ1v) is 9.11. The van der Waals surface area contributed by atoms with E-state index >= 15 is 0 Å². The minimum atomic E-state index is 0.184. The summed E-state index contributed by atoms with van der Waals surface area (Å²) in [5.74, 6) is 8.09. The first-order chi connectivity index (χ1) is 12.2. The van der Waals surface area contributed by atoms with Crippen molar-refractivity contribution in [3.05, 3.63) is 41.9 Å². The fourth-order valence-corrected chi connectivity index (χ4v) is 3.53. The van der Waals surface area contributed by atoms with Gasteiger partial charge in [0.1, 0.15) is 5.82 Å². The molecule has 1 aromatic heterocycles. The van der Waals surface area contributed by atoms with Crippen LogP contribution in [0.5, 0.6) is 0 Å². The van der Waals surface area contributed by atoms with E-state index in [9.17, 15) is 4.79 Å². The molecule has 0 aliphatic carbocycles. The Morgan fingerprint density at radius 1 is 1.16 bits per heavy atom. The molecule has 1 aromatic carbocycles. The lowest BCUT2D eigenvalue weighted by Gasteiger charge is -2.25. The number of nitrogens with zero attached hydrogens (tertiary/aromatic N) is 3. The van der Waals surface area contributed by atoms with Gasteiger partial charge in [0.25, 0.3) is 0 Å². The second-order valence-electron chi connectivity index (χ2n) is 7.04. The van der Waals surface area contributed by atoms with Gasteiger partial charge < -0.3 is 9.47 Å². The van der Waals surface area contributed by atoms with E-state index < -0.39 is 0 Å². The van der Waals surface area contributed by atoms with E-state index in [0.29, 0.717) is 6.42 Å². The van der Waals surface area contributed by atoms with E-state index in [1.165, 1.54) is 18.7 Å². The minimum Gasteiger partial charge on any atom is -0.346 e. The molecular formula is C21H23N3O. The summed E-state index contributed by atoms with van der Waals surface area (Å²) >= 11 is 0. The predicted octanol–water partition coefficient (Wildman–Crippen LogP) is 3.11. The highest BCUT2D eigenvalue weighted by molar-refractivity contribution is 5.77. The Morgan fingerprint density at radius 2 is 2.00 bits per heavy atom. The number of likely N-dealkylation sites (tertiary alicyclic amines) is 1. The molecule has 2 aromatic rings. The SMILES string of the molecule is CN1CCC(C#Cc2ccc(-c3cn4c(n3)CCCC4)cc2)CC1=O. The Kier molecular flexibility index (Phi) is 4.31. The largest absolute Gasteiger partial charge is 0.346 e. The zero-order chi connectivity index (χ0) is 17.2. The number of benzene rings is 1. The first-order valence-electron chi connectivity index (χ1n) is 9.11. The van der Waals surface area contributed by atoms with Crippen molar-refractivity contribution in [3.8, 4) is 23.1 Å². The number of fused-ring (bicyclic) bond motifs is 1. The predicted molar refractivity (Wildman–Crippen MR) is 97.8 cm³/mol. The third-order valence-corrected chi connectivity index (χ3v) is 5.17. The van der Waals surface area contributed by atoms with Crippen LogP contribution in [-0.4, -0.2) is 34.0 Å². The number of hydrogen-bond donors (Lipinski definition) is 0. The van der Waals surface area contributed by atoms with Gasteiger partial charge in [-0.05, 0) is 31.4 Å². The maximum Gasteiger partial charge on any atom is 0.223 e. The maximum atomic E-state index is 11.8. The van der Waals surface area contributed by atoms with Crippen molar-refractivity contribution in [2.75, 3.05) is 13.6 Å². The second kappa shape index (κ2) is 6.76. The monoisotopic (exact) mass is 333 g/mol. The summed E-state index contributed by atoms with van der Waals surface area (Å²) in [5, 5.41) is 0. The van der Waals surface area contributed by atoms with E-state index in [1.807, 2.05) is 7.05 Å². The van der Waals surface area contributed by atoms with Gasteiger partial charge in [0.15, 0.2) is 0 Å². The molecule has 25 heavy (non-hydrogen) atoms. The zero-order valence-electron chi connectivity index (χ0n) is 14.7. The Hall–Kier alpha value is -2.54. The molecule has 0 spiro atoms. The van der Waals surface area contributed by atoms with Gasteiger partial charge in [-0.2, -0.15) is 0 Å². The van der Waals surface area contributed by atoms with Gasteiger partial charge in [-0.1, -0.05) is 24.0 Å². The number of aryl methyl sites for hydroxylation is 2. The minimum absolute atomic E-state index is 0.184. The number of piperidine rings is 1. The molecule has 1 atom stereocenters. The Labute approximate surface area is 148 Å². The van der Waals surface area contributed by atoms with Crippen molar-refractivity contribution in [1.29, 1.82) is 0 Å². The fraction of sp³-hybridized carbons (Fsp3) is 0.429. The molecule has 2 aliphatic heterocycles. The number of aromatic nitrogens is 2. The molecule has 1 fully saturated rings. The molecule has 0 radical (unpaired) electrons. The normalized spacial score (nSPS) is 20.0. The summed E-state index contributed by atoms with van der Waals surface area (Å²) in [5.41, 5.74) is 3.19. The maximum absolute atomic E-state index is 11.8. The molecule has 1 unspecified atom stereocenters. The first kappa shape index (κ1) is 16.0. The van der Waals surface area contributed by atoms with Crippen LogP contribution in [0.15, 0.2) is 30.5 Å². The Balaban J connectivity index is 1.47. The van der Waals surface area contributed by atoms with E-state index in [-0.39, 0.29) is 11.8 Å². The molecule has 4 nitrogen and oxygen atoms in total. The molecule has 4 rings (SSSR count). The summed E-state index contributed by atoms with van der Waals surface area (Å²) in [7, 11) is 1.86. The fourth-order valence-electron chi connectivity index (χ4n) is 3.53. The van der Waals surface area contributed by atoms with Crippen LogP contribution in [0.2, 0.25) is 0 Å². The van der Waals surface area contributed by atoms with Gasteiger partial charge in [-0.25, -0.2) is 4.98 Å². The lowest BCUT2D eigenvalue weighted by molar-refractivity contribution is -0.132. The van der Waals surface area contributed by atoms with Crippen molar-refractivity contribution >= 4 is 5.91 Å². The van der Waals surface area contributed by atoms with Crippen LogP contribution in [0, 0.1) is 17.8 Å². The Morgan fingerprint density at radius 3 is 2.76 bits per heavy atom. The van der Waals surface area contributed by atoms with E-state index in [0.717, 1.165) is 42.8 Å². The molecule has 0 bridgehead atoms. The summed E-state index contributed by atoms with van der Waals surface area (Å²) in [6.45, 7) is 1.89. The number of carbonyl (C=O) groups excluding carboxylic acids is 1. The lowest BCUT2D eigenvalue weighted by Crippen LogP contribution is -2.35. The third kappa shape index (κ3) is 3.46. The molecule has 128 valence electrons. The van der Waals surface area contributed by atoms with Crippen LogP contribution in [0.4, 0.5) is 0 Å². The van der Waals surface area contributed by atoms with Gasteiger partial charge in [0.05, 0.1) is 5.69 Å². The van der Waals surface area contributed by atoms with Crippen molar-refractivity contribution in [3.63, 3.8) is 0 Å². The molecule has 3 heterocycles. The highest BCUT2D eigenvalue weighted by Gasteiger charge is 2.21. The molecular weight excluding hydrogens is 310 g/mol. The van der Waals surface area contributed by atoms with Crippen molar-refractivity contribution in [1.82, 2.24) is 14.5 Å².